The van der Waals surface area contributed by atoms with E-state index in [9.17, 15) is 9.36 Å². The largest absolute Gasteiger partial charge is 0.530 e. The van der Waals surface area contributed by atoms with Crippen molar-refractivity contribution in [1.29, 1.82) is 0 Å². The van der Waals surface area contributed by atoms with Gasteiger partial charge in [-0.05, 0) is 86.0 Å². The number of aryl methyl sites for hydroxylation is 1. The van der Waals surface area contributed by atoms with E-state index in [1.54, 1.807) is 0 Å². The first-order chi connectivity index (χ1) is 21.7. The average molecular weight is 683 g/mol. The van der Waals surface area contributed by atoms with Crippen LogP contribution in [-0.4, -0.2) is 26.5 Å². The minimum absolute atomic E-state index is 0.0250. The molecule has 0 atom stereocenters. The summed E-state index contributed by atoms with van der Waals surface area (Å²) in [7, 11) is -6.20. The van der Waals surface area contributed by atoms with Crippen molar-refractivity contribution in [3.8, 4) is 5.75 Å². The number of carbonyl (C=O) groups excluding carboxylic acids is 1. The molecular formula is C38H55O7PSi. The lowest BCUT2D eigenvalue weighted by Crippen LogP contribution is -2.41. The molecule has 0 heterocycles. The molecule has 0 unspecified atom stereocenters. The van der Waals surface area contributed by atoms with Gasteiger partial charge in [-0.3, -0.25) is 13.8 Å². The molecule has 0 radical (unpaired) electrons. The predicted octanol–water partition coefficient (Wildman–Crippen LogP) is 10.5. The van der Waals surface area contributed by atoms with Crippen LogP contribution in [0.25, 0.3) is 0 Å². The van der Waals surface area contributed by atoms with Crippen molar-refractivity contribution in [2.24, 2.45) is 0 Å². The van der Waals surface area contributed by atoms with Crippen molar-refractivity contribution in [3.63, 3.8) is 0 Å². The summed E-state index contributed by atoms with van der Waals surface area (Å²) in [6.45, 7) is 23.4. The highest BCUT2D eigenvalue weighted by Crippen LogP contribution is 2.54. The summed E-state index contributed by atoms with van der Waals surface area (Å²) < 4.78 is 45.2. The fraction of sp³-hybridized carbons (Fsp3) is 0.500. The molecule has 0 N–H and O–H groups in total. The first-order valence-corrected chi connectivity index (χ1v) is 20.7. The number of ether oxygens (including phenoxy) is 1. The fourth-order valence-electron chi connectivity index (χ4n) is 4.91. The van der Waals surface area contributed by atoms with Crippen LogP contribution in [0.1, 0.15) is 89.6 Å². The van der Waals surface area contributed by atoms with Gasteiger partial charge < -0.3 is 13.7 Å². The molecule has 0 saturated carbocycles. The van der Waals surface area contributed by atoms with Crippen molar-refractivity contribution < 1.29 is 32.1 Å². The number of phosphoric ester groups is 1. The van der Waals surface area contributed by atoms with Gasteiger partial charge >= 0.3 is 13.8 Å². The molecule has 0 aliphatic heterocycles. The van der Waals surface area contributed by atoms with Gasteiger partial charge in [-0.2, -0.15) is 0 Å². The zero-order valence-corrected chi connectivity index (χ0v) is 32.2. The summed E-state index contributed by atoms with van der Waals surface area (Å²) >= 11 is 0. The van der Waals surface area contributed by atoms with Gasteiger partial charge in [-0.15, -0.1) is 0 Å². The van der Waals surface area contributed by atoms with E-state index >= 15 is 0 Å². The highest BCUT2D eigenvalue weighted by molar-refractivity contribution is 7.48. The Kier molecular flexibility index (Phi) is 12.9. The van der Waals surface area contributed by atoms with Crippen molar-refractivity contribution in [3.05, 3.63) is 101 Å². The van der Waals surface area contributed by atoms with Gasteiger partial charge in [0, 0.05) is 12.2 Å². The number of carbonyl (C=O) groups is 1. The normalized spacial score (nSPS) is 13.0. The van der Waals surface area contributed by atoms with Gasteiger partial charge in [-0.1, -0.05) is 101 Å². The summed E-state index contributed by atoms with van der Waals surface area (Å²) in [5.41, 5.74) is 2.80. The van der Waals surface area contributed by atoms with Crippen LogP contribution in [0.3, 0.4) is 0 Å². The first kappa shape index (κ1) is 38.7. The van der Waals surface area contributed by atoms with E-state index in [1.165, 1.54) is 0 Å². The van der Waals surface area contributed by atoms with Crippen molar-refractivity contribution in [2.75, 3.05) is 6.61 Å². The van der Waals surface area contributed by atoms with E-state index in [0.717, 1.165) is 27.8 Å². The van der Waals surface area contributed by atoms with Crippen LogP contribution in [0.15, 0.2) is 72.8 Å². The monoisotopic (exact) mass is 682 g/mol. The average Bonchev–Trinajstić information content (AvgIpc) is 2.94. The molecule has 0 aromatic heterocycles. The summed E-state index contributed by atoms with van der Waals surface area (Å²) in [5.74, 6) is -0.00203. The second-order valence-corrected chi connectivity index (χ2v) is 21.8. The molecule has 0 fully saturated rings. The quantitative estimate of drug-likeness (QED) is 0.0896. The molecule has 0 aliphatic carbocycles. The number of hydrogen-bond acceptors (Lipinski definition) is 7. The summed E-state index contributed by atoms with van der Waals surface area (Å²) in [6, 6.07) is 22.8. The number of rotatable bonds is 15. The van der Waals surface area contributed by atoms with Gasteiger partial charge in [0.05, 0.1) is 19.6 Å². The molecule has 3 rings (SSSR count). The number of esters is 1. The first-order valence-electron chi connectivity index (χ1n) is 16.4. The van der Waals surface area contributed by atoms with Crippen LogP contribution in [-0.2, 0) is 52.6 Å². The molecule has 0 saturated heterocycles. The topological polar surface area (TPSA) is 80.3 Å². The van der Waals surface area contributed by atoms with Crippen LogP contribution >= 0.6 is 7.82 Å². The summed E-state index contributed by atoms with van der Waals surface area (Å²) in [4.78, 5) is 13.2. The molecular weight excluding hydrogens is 627 g/mol. The minimum atomic E-state index is -4.19. The SMILES string of the molecule is Cc1cc(CC(=O)OC(C)(C)C)c(C(C)(C)CCO[Si](C)(C)C(C)(C)C)c(OP(=O)(OCc2ccccc2)OCc2ccccc2)c1. The van der Waals surface area contributed by atoms with Crippen molar-refractivity contribution in [1.82, 2.24) is 0 Å². The maximum Gasteiger partial charge on any atom is 0.530 e. The number of phosphoric acid groups is 1. The minimum Gasteiger partial charge on any atom is -0.460 e. The summed E-state index contributed by atoms with van der Waals surface area (Å²) in [5, 5.41) is 0.0654. The molecule has 3 aromatic rings. The second kappa shape index (κ2) is 15.6. The fourth-order valence-corrected chi connectivity index (χ4v) is 7.13. The molecule has 258 valence electrons. The standard InChI is InChI=1S/C38H55O7PSi/c1-29-24-32(26-34(39)44-36(2,3)4)35(38(8,9)22-23-43-47(10,11)37(5,6)7)33(25-29)45-46(40,41-27-30-18-14-12-15-19-30)42-28-31-20-16-13-17-21-31/h12-21,24-25H,22-23,26-28H2,1-11H3. The second-order valence-electron chi connectivity index (χ2n) is 15.4. The Balaban J connectivity index is 2.05. The van der Waals surface area contributed by atoms with Crippen LogP contribution in [0.2, 0.25) is 18.1 Å². The van der Waals surface area contributed by atoms with E-state index in [1.807, 2.05) is 100 Å². The molecule has 0 aliphatic rings. The smallest absolute Gasteiger partial charge is 0.460 e. The molecule has 9 heteroatoms. The highest BCUT2D eigenvalue weighted by atomic mass is 31.2. The van der Waals surface area contributed by atoms with Gasteiger partial charge in [-0.25, -0.2) is 4.57 Å². The lowest BCUT2D eigenvalue weighted by atomic mass is 9.77. The predicted molar refractivity (Wildman–Crippen MR) is 192 cm³/mol. The lowest BCUT2D eigenvalue weighted by molar-refractivity contribution is -0.153. The third-order valence-corrected chi connectivity index (χ3v) is 14.3. The number of benzene rings is 3. The molecule has 0 amide bonds. The van der Waals surface area contributed by atoms with Crippen molar-refractivity contribution in [2.45, 2.75) is 118 Å². The van der Waals surface area contributed by atoms with E-state index in [-0.39, 0.29) is 30.6 Å². The molecule has 0 spiro atoms. The maximum atomic E-state index is 14.5. The molecule has 0 bridgehead atoms. The van der Waals surface area contributed by atoms with Gasteiger partial charge in [0.25, 0.3) is 0 Å². The Morgan fingerprint density at radius 3 is 1.77 bits per heavy atom. The van der Waals surface area contributed by atoms with E-state index < -0.39 is 27.2 Å². The van der Waals surface area contributed by atoms with Crippen molar-refractivity contribution >= 4 is 22.1 Å². The van der Waals surface area contributed by atoms with Crippen LogP contribution < -0.4 is 4.52 Å². The van der Waals surface area contributed by atoms with Gasteiger partial charge in [0.15, 0.2) is 8.32 Å². The zero-order chi connectivity index (χ0) is 35.1. The Bertz CT molecular complexity index is 1460. The van der Waals surface area contributed by atoms with E-state index in [2.05, 4.69) is 47.7 Å². The van der Waals surface area contributed by atoms with E-state index in [4.69, 9.17) is 22.7 Å². The Morgan fingerprint density at radius 1 is 0.787 bits per heavy atom. The van der Waals surface area contributed by atoms with Gasteiger partial charge in [0.1, 0.15) is 11.4 Å². The number of hydrogen-bond donors (Lipinski definition) is 0. The molecule has 47 heavy (non-hydrogen) atoms. The van der Waals surface area contributed by atoms with Crippen LogP contribution in [0, 0.1) is 6.92 Å². The van der Waals surface area contributed by atoms with Crippen LogP contribution in [0.5, 0.6) is 5.75 Å². The Labute approximate surface area is 284 Å². The van der Waals surface area contributed by atoms with E-state index in [0.29, 0.717) is 18.8 Å². The van der Waals surface area contributed by atoms with Gasteiger partial charge in [0.2, 0.25) is 0 Å². The maximum absolute atomic E-state index is 14.5. The Hall–Kier alpha value is -2.74. The molecule has 3 aromatic carbocycles. The summed E-state index contributed by atoms with van der Waals surface area (Å²) in [6.07, 6.45) is 0.664. The Morgan fingerprint density at radius 2 is 1.30 bits per heavy atom. The van der Waals surface area contributed by atoms with Crippen LogP contribution in [0.4, 0.5) is 0 Å². The third kappa shape index (κ3) is 12.0. The third-order valence-electron chi connectivity index (χ3n) is 8.43. The molecule has 7 nitrogen and oxygen atoms in total. The lowest BCUT2D eigenvalue weighted by Gasteiger charge is -2.38. The highest BCUT2D eigenvalue weighted by Gasteiger charge is 2.39. The zero-order valence-electron chi connectivity index (χ0n) is 30.3.